The van der Waals surface area contributed by atoms with Gasteiger partial charge in [0.25, 0.3) is 0 Å². The Morgan fingerprint density at radius 1 is 0.970 bits per heavy atom. The van der Waals surface area contributed by atoms with Crippen molar-refractivity contribution >= 4 is 23.4 Å². The smallest absolute Gasteiger partial charge is 0.315 e. The maximum atomic E-state index is 13.0. The summed E-state index contributed by atoms with van der Waals surface area (Å²) in [4.78, 5) is 27.2. The fourth-order valence-corrected chi connectivity index (χ4v) is 3.41. The molecule has 3 rings (SSSR count). The average molecular weight is 448 g/mol. The van der Waals surface area contributed by atoms with E-state index in [1.54, 1.807) is 4.68 Å². The van der Waals surface area contributed by atoms with E-state index < -0.39 is 0 Å². The molecule has 0 saturated heterocycles. The molecule has 0 aliphatic rings. The van der Waals surface area contributed by atoms with Crippen LogP contribution >= 0.6 is 0 Å². The Morgan fingerprint density at radius 3 is 2.21 bits per heavy atom. The number of hydrogen-bond donors (Lipinski definition) is 2. The zero-order chi connectivity index (χ0) is 24.2. The molecule has 1 aromatic heterocycles. The summed E-state index contributed by atoms with van der Waals surface area (Å²) >= 11 is 0. The van der Waals surface area contributed by atoms with Gasteiger partial charge >= 0.3 is 6.03 Å². The molecule has 3 aromatic rings. The van der Waals surface area contributed by atoms with Gasteiger partial charge in [0.15, 0.2) is 0 Å². The molecule has 7 heteroatoms. The lowest BCUT2D eigenvalue weighted by Crippen LogP contribution is -2.40. The molecule has 1 heterocycles. The molecule has 33 heavy (non-hydrogen) atoms. The maximum absolute atomic E-state index is 13.0. The van der Waals surface area contributed by atoms with Crippen molar-refractivity contribution in [1.82, 2.24) is 14.7 Å². The van der Waals surface area contributed by atoms with Gasteiger partial charge in [-0.15, -0.1) is 0 Å². The third kappa shape index (κ3) is 5.80. The van der Waals surface area contributed by atoms with Crippen LogP contribution in [0.25, 0.3) is 5.69 Å². The first kappa shape index (κ1) is 24.0. The van der Waals surface area contributed by atoms with Crippen LogP contribution in [0.2, 0.25) is 0 Å². The van der Waals surface area contributed by atoms with Crippen molar-refractivity contribution in [1.29, 1.82) is 0 Å². The summed E-state index contributed by atoms with van der Waals surface area (Å²) in [5.41, 5.74) is 4.32. The number of rotatable bonds is 6. The predicted molar refractivity (Wildman–Crippen MR) is 133 cm³/mol. The number of carbonyl (C=O) groups excluding carboxylic acids is 2. The van der Waals surface area contributed by atoms with Crippen LogP contribution in [-0.4, -0.2) is 39.7 Å². The van der Waals surface area contributed by atoms with Crippen LogP contribution in [0.4, 0.5) is 16.3 Å². The number of aryl methyl sites for hydroxylation is 2. The Balaban J connectivity index is 1.80. The molecule has 0 saturated carbocycles. The third-order valence-corrected chi connectivity index (χ3v) is 5.48. The molecule has 0 atom stereocenters. The van der Waals surface area contributed by atoms with Crippen molar-refractivity contribution < 1.29 is 9.59 Å². The fraction of sp³-hybridized carbons (Fsp3) is 0.346. The largest absolute Gasteiger partial charge is 0.322 e. The lowest BCUT2D eigenvalue weighted by atomic mass is 9.92. The van der Waals surface area contributed by atoms with Gasteiger partial charge in [0.1, 0.15) is 12.4 Å². The molecule has 174 valence electrons. The van der Waals surface area contributed by atoms with Crippen LogP contribution in [0.1, 0.15) is 44.5 Å². The lowest BCUT2D eigenvalue weighted by molar-refractivity contribution is -0.116. The van der Waals surface area contributed by atoms with E-state index in [9.17, 15) is 9.59 Å². The Hall–Kier alpha value is -3.61. The summed E-state index contributed by atoms with van der Waals surface area (Å²) in [6.45, 7) is 12.4. The van der Waals surface area contributed by atoms with E-state index >= 15 is 0 Å². The lowest BCUT2D eigenvalue weighted by Gasteiger charge is -2.21. The number of amides is 3. The molecule has 0 aliphatic carbocycles. The first-order valence-electron chi connectivity index (χ1n) is 11.2. The first-order chi connectivity index (χ1) is 15.6. The van der Waals surface area contributed by atoms with E-state index in [-0.39, 0.29) is 23.9 Å². The molecule has 0 spiro atoms. The van der Waals surface area contributed by atoms with E-state index in [0.717, 1.165) is 28.2 Å². The van der Waals surface area contributed by atoms with Gasteiger partial charge in [-0.05, 0) is 44.0 Å². The second-order valence-corrected chi connectivity index (χ2v) is 9.17. The minimum atomic E-state index is -0.315. The summed E-state index contributed by atoms with van der Waals surface area (Å²) in [5.74, 6) is 0.293. The van der Waals surface area contributed by atoms with Crippen molar-refractivity contribution in [3.63, 3.8) is 0 Å². The van der Waals surface area contributed by atoms with Crippen molar-refractivity contribution in [2.75, 3.05) is 23.7 Å². The molecule has 0 bridgehead atoms. The van der Waals surface area contributed by atoms with Gasteiger partial charge in [-0.1, -0.05) is 57.2 Å². The van der Waals surface area contributed by atoms with E-state index in [2.05, 4.69) is 31.4 Å². The second kappa shape index (κ2) is 9.90. The van der Waals surface area contributed by atoms with Gasteiger partial charge in [-0.2, -0.15) is 5.10 Å². The molecule has 0 aliphatic heterocycles. The molecule has 2 N–H and O–H groups in total. The summed E-state index contributed by atoms with van der Waals surface area (Å²) in [5, 5.41) is 10.6. The quantitative estimate of drug-likeness (QED) is 0.540. The number of urea groups is 1. The summed E-state index contributed by atoms with van der Waals surface area (Å²) < 4.78 is 1.76. The fourth-order valence-electron chi connectivity index (χ4n) is 3.41. The number of benzene rings is 2. The second-order valence-electron chi connectivity index (χ2n) is 9.17. The molecule has 0 unspecified atom stereocenters. The molecule has 0 radical (unpaired) electrons. The Morgan fingerprint density at radius 2 is 1.61 bits per heavy atom. The Labute approximate surface area is 195 Å². The monoisotopic (exact) mass is 447 g/mol. The molecular weight excluding hydrogens is 414 g/mol. The highest BCUT2D eigenvalue weighted by Crippen LogP contribution is 2.27. The zero-order valence-electron chi connectivity index (χ0n) is 20.3. The highest BCUT2D eigenvalue weighted by Gasteiger charge is 2.23. The van der Waals surface area contributed by atoms with Crippen molar-refractivity contribution in [3.8, 4) is 5.69 Å². The van der Waals surface area contributed by atoms with Gasteiger partial charge in [-0.3, -0.25) is 4.79 Å². The average Bonchev–Trinajstić information content (AvgIpc) is 3.18. The van der Waals surface area contributed by atoms with Crippen LogP contribution in [0.5, 0.6) is 0 Å². The number of hydrogen-bond acceptors (Lipinski definition) is 3. The van der Waals surface area contributed by atoms with Gasteiger partial charge < -0.3 is 15.5 Å². The minimum Gasteiger partial charge on any atom is -0.315 e. The number of para-hydroxylation sites is 2. The third-order valence-electron chi connectivity index (χ3n) is 5.48. The topological polar surface area (TPSA) is 79.3 Å². The van der Waals surface area contributed by atoms with Crippen molar-refractivity contribution in [2.24, 2.45) is 0 Å². The van der Waals surface area contributed by atoms with Crippen LogP contribution < -0.4 is 10.6 Å². The van der Waals surface area contributed by atoms with Crippen molar-refractivity contribution in [2.45, 2.75) is 47.0 Å². The van der Waals surface area contributed by atoms with Gasteiger partial charge in [-0.25, -0.2) is 9.48 Å². The molecule has 0 fully saturated rings. The number of likely N-dealkylation sites (N-methyl/N-ethyl adjacent to an activating group) is 1. The summed E-state index contributed by atoms with van der Waals surface area (Å²) in [7, 11) is 0. The Kier molecular flexibility index (Phi) is 7.21. The van der Waals surface area contributed by atoms with E-state index in [1.807, 2.05) is 75.4 Å². The predicted octanol–water partition coefficient (Wildman–Crippen LogP) is 5.28. The van der Waals surface area contributed by atoms with Crippen molar-refractivity contribution in [3.05, 3.63) is 71.4 Å². The molecule has 3 amide bonds. The normalized spacial score (nSPS) is 11.2. The summed E-state index contributed by atoms with van der Waals surface area (Å²) in [6, 6.07) is 17.0. The maximum Gasteiger partial charge on any atom is 0.322 e. The number of nitrogens with zero attached hydrogens (tertiary/aromatic N) is 3. The van der Waals surface area contributed by atoms with E-state index in [4.69, 9.17) is 5.10 Å². The van der Waals surface area contributed by atoms with Crippen LogP contribution in [0, 0.1) is 13.8 Å². The SMILES string of the molecule is CCN(CC(=O)Nc1cc(C(C)(C)C)nn1-c1ccccc1C)C(=O)Nc1ccccc1C. The highest BCUT2D eigenvalue weighted by molar-refractivity contribution is 5.97. The molecule has 7 nitrogen and oxygen atoms in total. The number of anilines is 2. The number of aromatic nitrogens is 2. The van der Waals surface area contributed by atoms with Gasteiger partial charge in [0.05, 0.1) is 11.4 Å². The minimum absolute atomic E-state index is 0.0714. The first-order valence-corrected chi connectivity index (χ1v) is 11.2. The van der Waals surface area contributed by atoms with Crippen LogP contribution in [0.3, 0.4) is 0 Å². The number of nitrogens with one attached hydrogen (secondary N) is 2. The van der Waals surface area contributed by atoms with E-state index in [1.165, 1.54) is 4.90 Å². The molecular formula is C26H33N5O2. The highest BCUT2D eigenvalue weighted by atomic mass is 16.2. The molecule has 2 aromatic carbocycles. The van der Waals surface area contributed by atoms with Gasteiger partial charge in [0.2, 0.25) is 5.91 Å². The Bertz CT molecular complexity index is 1140. The standard InChI is InChI=1S/C26H33N5O2/c1-7-30(25(33)27-20-14-10-8-12-18(20)2)17-24(32)28-23-16-22(26(4,5)6)29-31(23)21-15-11-9-13-19(21)3/h8-16H,7,17H2,1-6H3,(H,27,33)(H,28,32). The van der Waals surface area contributed by atoms with Gasteiger partial charge in [0, 0.05) is 23.7 Å². The zero-order valence-corrected chi connectivity index (χ0v) is 20.3. The summed E-state index contributed by atoms with van der Waals surface area (Å²) in [6.07, 6.45) is 0. The number of carbonyl (C=O) groups is 2. The van der Waals surface area contributed by atoms with E-state index in [0.29, 0.717) is 12.4 Å². The van der Waals surface area contributed by atoms with Crippen LogP contribution in [-0.2, 0) is 10.2 Å². The van der Waals surface area contributed by atoms with Crippen LogP contribution in [0.15, 0.2) is 54.6 Å².